The van der Waals surface area contributed by atoms with Gasteiger partial charge in [0.2, 0.25) is 5.91 Å². The van der Waals surface area contributed by atoms with E-state index in [0.717, 1.165) is 29.9 Å². The molecule has 4 heterocycles. The average Bonchev–Trinajstić information content (AvgIpc) is 3.46. The first-order valence-electron chi connectivity index (χ1n) is 15.2. The summed E-state index contributed by atoms with van der Waals surface area (Å²) >= 11 is 0. The third-order valence-corrected chi connectivity index (χ3v) is 8.95. The normalized spacial score (nSPS) is 17.7. The van der Waals surface area contributed by atoms with E-state index >= 15 is 0 Å². The molecule has 0 N–H and O–H groups in total. The van der Waals surface area contributed by atoms with Crippen molar-refractivity contribution in [2.24, 2.45) is 7.05 Å². The van der Waals surface area contributed by atoms with Gasteiger partial charge in [0.15, 0.2) is 5.78 Å². The number of likely N-dealkylation sites (tertiary alicyclic amines) is 1. The zero-order valence-electron chi connectivity index (χ0n) is 25.8. The summed E-state index contributed by atoms with van der Waals surface area (Å²) in [5.41, 5.74) is 3.02. The van der Waals surface area contributed by atoms with E-state index < -0.39 is 5.60 Å². The third-order valence-electron chi connectivity index (χ3n) is 8.95. The van der Waals surface area contributed by atoms with Crippen LogP contribution in [0.3, 0.4) is 0 Å². The Morgan fingerprint density at radius 3 is 2.36 bits per heavy atom. The Morgan fingerprint density at radius 1 is 1.00 bits per heavy atom. The number of aryl methyl sites for hydroxylation is 1. The maximum atomic E-state index is 13.7. The molecular formula is C33H39N5O6. The van der Waals surface area contributed by atoms with E-state index in [9.17, 15) is 14.4 Å². The maximum absolute atomic E-state index is 13.7. The predicted molar refractivity (Wildman–Crippen MR) is 165 cm³/mol. The van der Waals surface area contributed by atoms with Gasteiger partial charge in [-0.05, 0) is 37.3 Å². The smallest absolute Gasteiger partial charge is 0.254 e. The summed E-state index contributed by atoms with van der Waals surface area (Å²) in [6.45, 7) is 7.67. The minimum Gasteiger partial charge on any atom is -0.496 e. The Labute approximate surface area is 257 Å². The van der Waals surface area contributed by atoms with Crippen LogP contribution < -0.4 is 19.1 Å². The molecule has 3 aliphatic heterocycles. The average molecular weight is 602 g/mol. The van der Waals surface area contributed by atoms with E-state index in [-0.39, 0.29) is 24.0 Å². The molecule has 0 unspecified atom stereocenters. The summed E-state index contributed by atoms with van der Waals surface area (Å²) in [5.74, 6) is 1.74. The molecule has 2 saturated heterocycles. The van der Waals surface area contributed by atoms with Crippen molar-refractivity contribution in [1.29, 1.82) is 0 Å². The number of carbonyl (C=O) groups is 3. The first kappa shape index (κ1) is 29.5. The number of hydrogen-bond donors (Lipinski definition) is 0. The van der Waals surface area contributed by atoms with E-state index in [4.69, 9.17) is 14.2 Å². The number of fused-ring (bicyclic) bond motifs is 1. The molecule has 1 spiro atoms. The maximum Gasteiger partial charge on any atom is 0.254 e. The van der Waals surface area contributed by atoms with Crippen molar-refractivity contribution in [2.45, 2.75) is 38.7 Å². The van der Waals surface area contributed by atoms with Gasteiger partial charge in [-0.15, -0.1) is 0 Å². The van der Waals surface area contributed by atoms with Crippen LogP contribution in [0.1, 0.15) is 53.8 Å². The van der Waals surface area contributed by atoms with Crippen LogP contribution in [-0.4, -0.2) is 95.8 Å². The number of rotatable bonds is 6. The van der Waals surface area contributed by atoms with Crippen molar-refractivity contribution >= 4 is 23.3 Å². The minimum atomic E-state index is -0.631. The number of Topliss-reactive ketones (excluding diaryl/α,β-unsaturated/α-hetero) is 1. The van der Waals surface area contributed by atoms with Crippen LogP contribution in [0.2, 0.25) is 0 Å². The molecule has 0 aliphatic carbocycles. The molecule has 2 amide bonds. The van der Waals surface area contributed by atoms with Crippen LogP contribution in [0.4, 0.5) is 5.69 Å². The highest BCUT2D eigenvalue weighted by Gasteiger charge is 2.44. The molecule has 0 atom stereocenters. The molecule has 44 heavy (non-hydrogen) atoms. The number of aromatic nitrogens is 2. The molecule has 6 rings (SSSR count). The van der Waals surface area contributed by atoms with Crippen LogP contribution in [0.5, 0.6) is 17.2 Å². The van der Waals surface area contributed by atoms with Crippen molar-refractivity contribution < 1.29 is 28.6 Å². The molecule has 2 fully saturated rings. The van der Waals surface area contributed by atoms with Gasteiger partial charge in [-0.1, -0.05) is 0 Å². The summed E-state index contributed by atoms with van der Waals surface area (Å²) in [7, 11) is 3.42. The summed E-state index contributed by atoms with van der Waals surface area (Å²) in [6, 6.07) is 9.34. The van der Waals surface area contributed by atoms with Crippen LogP contribution in [0, 0.1) is 0 Å². The number of piperidine rings is 1. The van der Waals surface area contributed by atoms with Crippen molar-refractivity contribution in [1.82, 2.24) is 19.6 Å². The molecule has 232 valence electrons. The number of hydrogen-bond acceptors (Lipinski definition) is 8. The van der Waals surface area contributed by atoms with E-state index in [1.165, 1.54) is 0 Å². The molecule has 3 aliphatic rings. The number of anilines is 1. The monoisotopic (exact) mass is 601 g/mol. The van der Waals surface area contributed by atoms with Gasteiger partial charge in [0.05, 0.1) is 37.5 Å². The van der Waals surface area contributed by atoms with Crippen molar-refractivity contribution in [3.8, 4) is 28.4 Å². The molecule has 0 bridgehead atoms. The SMILES string of the molecule is CCOc1cc(C(=O)N2CCC3(CC2)CC(=O)c2cc(N4CCN(C(C)=O)CC4)ccc2O3)cc(OC)c1-c1cnn(C)c1. The second kappa shape index (κ2) is 11.9. The molecule has 3 aromatic rings. The van der Waals surface area contributed by atoms with Gasteiger partial charge in [0.25, 0.3) is 5.91 Å². The fourth-order valence-corrected chi connectivity index (χ4v) is 6.52. The lowest BCUT2D eigenvalue weighted by atomic mass is 9.82. The van der Waals surface area contributed by atoms with Crippen molar-refractivity contribution in [2.75, 3.05) is 57.9 Å². The molecule has 11 nitrogen and oxygen atoms in total. The number of amides is 2. The summed E-state index contributed by atoms with van der Waals surface area (Å²) in [5, 5.41) is 4.28. The Kier molecular flexibility index (Phi) is 7.96. The first-order chi connectivity index (χ1) is 21.2. The number of piperazine rings is 1. The van der Waals surface area contributed by atoms with E-state index in [1.807, 2.05) is 48.2 Å². The van der Waals surface area contributed by atoms with E-state index in [0.29, 0.717) is 74.0 Å². The number of carbonyl (C=O) groups excluding carboxylic acids is 3. The quantitative estimate of drug-likeness (QED) is 0.420. The fourth-order valence-electron chi connectivity index (χ4n) is 6.52. The predicted octanol–water partition coefficient (Wildman–Crippen LogP) is 3.80. The number of nitrogens with zero attached hydrogens (tertiary/aromatic N) is 5. The third kappa shape index (κ3) is 5.58. The van der Waals surface area contributed by atoms with Gasteiger partial charge in [-0.2, -0.15) is 5.10 Å². The molecule has 2 aromatic carbocycles. The standard InChI is InChI=1S/C33H39N5O6/c1-5-43-30-17-23(16-29(42-4)31(30)24-20-34-35(3)21-24)32(41)38-10-8-33(9-11-38)19-27(40)26-18-25(6-7-28(26)44-33)37-14-12-36(13-15-37)22(2)39/h6-7,16-18,20-21H,5,8-15,19H2,1-4H3. The highest BCUT2D eigenvalue weighted by atomic mass is 16.5. The lowest BCUT2D eigenvalue weighted by molar-refractivity contribution is -0.129. The van der Waals surface area contributed by atoms with Gasteiger partial charge in [0.1, 0.15) is 22.8 Å². The van der Waals surface area contributed by atoms with Crippen LogP contribution >= 0.6 is 0 Å². The fraction of sp³-hybridized carbons (Fsp3) is 0.455. The minimum absolute atomic E-state index is 0.0623. The van der Waals surface area contributed by atoms with Crippen molar-refractivity contribution in [3.05, 3.63) is 53.9 Å². The molecular weight excluding hydrogens is 562 g/mol. The zero-order valence-corrected chi connectivity index (χ0v) is 25.8. The van der Waals surface area contributed by atoms with Gasteiger partial charge >= 0.3 is 0 Å². The van der Waals surface area contributed by atoms with Crippen molar-refractivity contribution in [3.63, 3.8) is 0 Å². The number of ketones is 1. The molecule has 0 radical (unpaired) electrons. The van der Waals surface area contributed by atoms with Gasteiger partial charge < -0.3 is 28.9 Å². The summed E-state index contributed by atoms with van der Waals surface area (Å²) < 4.78 is 19.9. The highest BCUT2D eigenvalue weighted by Crippen LogP contribution is 2.42. The Bertz CT molecular complexity index is 1580. The van der Waals surface area contributed by atoms with Crippen LogP contribution in [0.15, 0.2) is 42.7 Å². The summed E-state index contributed by atoms with van der Waals surface area (Å²) in [6.07, 6.45) is 5.02. The Hall–Kier alpha value is -4.54. The Morgan fingerprint density at radius 2 is 1.73 bits per heavy atom. The van der Waals surface area contributed by atoms with Gasteiger partial charge in [-0.3, -0.25) is 19.1 Å². The summed E-state index contributed by atoms with van der Waals surface area (Å²) in [4.78, 5) is 44.7. The molecule has 11 heteroatoms. The van der Waals surface area contributed by atoms with E-state index in [1.54, 1.807) is 37.0 Å². The van der Waals surface area contributed by atoms with Gasteiger partial charge in [0, 0.05) is 89.1 Å². The first-order valence-corrected chi connectivity index (χ1v) is 15.2. The van der Waals surface area contributed by atoms with Crippen LogP contribution in [0.25, 0.3) is 11.1 Å². The molecule has 1 aromatic heterocycles. The number of benzene rings is 2. The lowest BCUT2D eigenvalue weighted by Crippen LogP contribution is -2.52. The van der Waals surface area contributed by atoms with E-state index in [2.05, 4.69) is 10.00 Å². The second-order valence-electron chi connectivity index (χ2n) is 11.7. The molecule has 0 saturated carbocycles. The number of methoxy groups -OCH3 is 1. The van der Waals surface area contributed by atoms with Gasteiger partial charge in [-0.25, -0.2) is 0 Å². The van der Waals surface area contributed by atoms with Crippen LogP contribution in [-0.2, 0) is 11.8 Å². The largest absolute Gasteiger partial charge is 0.496 e. The topological polar surface area (TPSA) is 106 Å². The highest BCUT2D eigenvalue weighted by molar-refractivity contribution is 6.01. The number of ether oxygens (including phenoxy) is 3. The Balaban J connectivity index is 1.15. The zero-order chi connectivity index (χ0) is 31.0. The second-order valence-corrected chi connectivity index (χ2v) is 11.7. The lowest BCUT2D eigenvalue weighted by Gasteiger charge is -2.44.